The fourth-order valence-electron chi connectivity index (χ4n) is 2.28. The van der Waals surface area contributed by atoms with Crippen molar-refractivity contribution in [2.45, 2.75) is 33.7 Å². The lowest BCUT2D eigenvalue weighted by molar-refractivity contribution is 0.0524. The van der Waals surface area contributed by atoms with Gasteiger partial charge in [0, 0.05) is 18.1 Å². The van der Waals surface area contributed by atoms with E-state index in [2.05, 4.69) is 0 Å². The molecule has 0 aliphatic rings. The summed E-state index contributed by atoms with van der Waals surface area (Å²) >= 11 is 0. The van der Waals surface area contributed by atoms with Gasteiger partial charge in [-0.3, -0.25) is 4.79 Å². The van der Waals surface area contributed by atoms with Crippen LogP contribution in [0.15, 0.2) is 29.2 Å². The van der Waals surface area contributed by atoms with Gasteiger partial charge in [-0.25, -0.2) is 4.79 Å². The van der Waals surface area contributed by atoms with E-state index in [0.717, 1.165) is 17.5 Å². The van der Waals surface area contributed by atoms with Crippen LogP contribution in [-0.2, 0) is 17.7 Å². The lowest BCUT2D eigenvalue weighted by Crippen LogP contribution is -2.20. The molecule has 0 saturated heterocycles. The zero-order valence-electron chi connectivity index (χ0n) is 12.1. The van der Waals surface area contributed by atoms with Crippen molar-refractivity contribution in [1.29, 1.82) is 0 Å². The minimum Gasteiger partial charge on any atom is -0.462 e. The number of hydrogen-bond donors (Lipinski definition) is 0. The quantitative estimate of drug-likeness (QED) is 0.805. The summed E-state index contributed by atoms with van der Waals surface area (Å²) in [6.45, 7) is 6.69. The van der Waals surface area contributed by atoms with Crippen LogP contribution in [0.5, 0.6) is 0 Å². The third kappa shape index (κ3) is 2.46. The van der Waals surface area contributed by atoms with Crippen LogP contribution in [0, 0.1) is 0 Å². The van der Waals surface area contributed by atoms with E-state index >= 15 is 0 Å². The molecule has 1 aromatic heterocycles. The van der Waals surface area contributed by atoms with E-state index in [9.17, 15) is 9.59 Å². The van der Waals surface area contributed by atoms with E-state index in [0.29, 0.717) is 11.9 Å². The maximum atomic E-state index is 12.5. The Balaban J connectivity index is 2.75. The van der Waals surface area contributed by atoms with Gasteiger partial charge in [0.15, 0.2) is 0 Å². The highest BCUT2D eigenvalue weighted by Gasteiger charge is 2.16. The minimum atomic E-state index is -0.552. The Hall–Kier alpha value is -2.10. The number of benzene rings is 1. The molecule has 106 valence electrons. The van der Waals surface area contributed by atoms with Gasteiger partial charge in [0.2, 0.25) is 5.43 Å². The molecule has 0 atom stereocenters. The van der Waals surface area contributed by atoms with Crippen LogP contribution in [0.25, 0.3) is 10.9 Å². The number of rotatable bonds is 4. The van der Waals surface area contributed by atoms with E-state index in [1.54, 1.807) is 13.1 Å². The molecule has 1 aromatic carbocycles. The standard InChI is InChI=1S/C16H19NO3/c1-4-11-7-8-14-12(9-11)15(18)13(10-17(14)5-2)16(19)20-6-3/h7-10H,4-6H2,1-3H3. The Kier molecular flexibility index (Phi) is 4.23. The smallest absolute Gasteiger partial charge is 0.343 e. The predicted molar refractivity (Wildman–Crippen MR) is 79.2 cm³/mol. The van der Waals surface area contributed by atoms with Gasteiger partial charge in [-0.15, -0.1) is 0 Å². The number of nitrogens with zero attached hydrogens (tertiary/aromatic N) is 1. The second kappa shape index (κ2) is 5.90. The molecular formula is C16H19NO3. The first kappa shape index (κ1) is 14.3. The van der Waals surface area contributed by atoms with Crippen LogP contribution in [0.2, 0.25) is 0 Å². The van der Waals surface area contributed by atoms with Gasteiger partial charge < -0.3 is 9.30 Å². The maximum absolute atomic E-state index is 12.5. The lowest BCUT2D eigenvalue weighted by atomic mass is 10.1. The number of fused-ring (bicyclic) bond motifs is 1. The number of ether oxygens (including phenoxy) is 1. The first-order chi connectivity index (χ1) is 9.62. The predicted octanol–water partition coefficient (Wildman–Crippen LogP) is 2.76. The molecule has 2 rings (SSSR count). The number of carbonyl (C=O) groups excluding carboxylic acids is 1. The zero-order chi connectivity index (χ0) is 14.7. The Morgan fingerprint density at radius 3 is 2.60 bits per heavy atom. The van der Waals surface area contributed by atoms with Gasteiger partial charge in [0.1, 0.15) is 5.56 Å². The van der Waals surface area contributed by atoms with Crippen molar-refractivity contribution >= 4 is 16.9 Å². The topological polar surface area (TPSA) is 48.3 Å². The summed E-state index contributed by atoms with van der Waals surface area (Å²) in [6.07, 6.45) is 2.44. The van der Waals surface area contributed by atoms with Crippen LogP contribution in [0.1, 0.15) is 36.7 Å². The second-order valence-corrected chi connectivity index (χ2v) is 4.58. The van der Waals surface area contributed by atoms with Crippen LogP contribution >= 0.6 is 0 Å². The van der Waals surface area contributed by atoms with Crippen LogP contribution < -0.4 is 5.43 Å². The number of aromatic nitrogens is 1. The molecule has 0 spiro atoms. The molecule has 0 radical (unpaired) electrons. The molecule has 0 amide bonds. The summed E-state index contributed by atoms with van der Waals surface area (Å²) in [4.78, 5) is 24.4. The lowest BCUT2D eigenvalue weighted by Gasteiger charge is -2.12. The second-order valence-electron chi connectivity index (χ2n) is 4.58. The van der Waals surface area contributed by atoms with E-state index in [1.165, 1.54) is 0 Å². The van der Waals surface area contributed by atoms with E-state index < -0.39 is 5.97 Å². The first-order valence-electron chi connectivity index (χ1n) is 6.95. The zero-order valence-corrected chi connectivity index (χ0v) is 12.1. The molecule has 0 unspecified atom stereocenters. The number of hydrogen-bond acceptors (Lipinski definition) is 3. The molecule has 0 saturated carbocycles. The molecule has 4 nitrogen and oxygen atoms in total. The Morgan fingerprint density at radius 2 is 2.00 bits per heavy atom. The van der Waals surface area contributed by atoms with Crippen LogP contribution in [-0.4, -0.2) is 17.1 Å². The van der Waals surface area contributed by atoms with Gasteiger partial charge in [-0.2, -0.15) is 0 Å². The Morgan fingerprint density at radius 1 is 1.25 bits per heavy atom. The van der Waals surface area contributed by atoms with E-state index in [-0.39, 0.29) is 17.6 Å². The summed E-state index contributed by atoms with van der Waals surface area (Å²) in [5.74, 6) is -0.552. The average molecular weight is 273 g/mol. The summed E-state index contributed by atoms with van der Waals surface area (Å²) in [7, 11) is 0. The van der Waals surface area contributed by atoms with Gasteiger partial charge in [-0.1, -0.05) is 13.0 Å². The van der Waals surface area contributed by atoms with Crippen molar-refractivity contribution < 1.29 is 9.53 Å². The normalized spacial score (nSPS) is 10.8. The van der Waals surface area contributed by atoms with Crippen molar-refractivity contribution in [2.75, 3.05) is 6.61 Å². The summed E-state index contributed by atoms with van der Waals surface area (Å²) < 4.78 is 6.87. The van der Waals surface area contributed by atoms with Gasteiger partial charge in [0.05, 0.1) is 12.1 Å². The number of aryl methyl sites for hydroxylation is 2. The molecule has 20 heavy (non-hydrogen) atoms. The van der Waals surface area contributed by atoms with E-state index in [4.69, 9.17) is 4.74 Å². The van der Waals surface area contributed by atoms with Gasteiger partial charge in [0.25, 0.3) is 0 Å². The highest BCUT2D eigenvalue weighted by atomic mass is 16.5. The van der Waals surface area contributed by atoms with E-state index in [1.807, 2.05) is 36.6 Å². The highest BCUT2D eigenvalue weighted by Crippen LogP contribution is 2.15. The van der Waals surface area contributed by atoms with Crippen molar-refractivity contribution in [1.82, 2.24) is 4.57 Å². The molecule has 0 aliphatic carbocycles. The number of pyridine rings is 1. The molecular weight excluding hydrogens is 254 g/mol. The molecule has 0 aliphatic heterocycles. The summed E-state index contributed by atoms with van der Waals surface area (Å²) in [5.41, 5.74) is 1.79. The van der Waals surface area contributed by atoms with Gasteiger partial charge in [-0.05, 0) is 38.0 Å². The highest BCUT2D eigenvalue weighted by molar-refractivity contribution is 5.93. The van der Waals surface area contributed by atoms with Crippen LogP contribution in [0.3, 0.4) is 0 Å². The molecule has 4 heteroatoms. The fraction of sp³-hybridized carbons (Fsp3) is 0.375. The molecule has 1 heterocycles. The average Bonchev–Trinajstić information content (AvgIpc) is 2.47. The monoisotopic (exact) mass is 273 g/mol. The third-order valence-corrected chi connectivity index (χ3v) is 3.39. The Bertz CT molecular complexity index is 701. The van der Waals surface area contributed by atoms with Gasteiger partial charge >= 0.3 is 5.97 Å². The van der Waals surface area contributed by atoms with Crippen molar-refractivity contribution in [3.05, 3.63) is 45.7 Å². The fourth-order valence-corrected chi connectivity index (χ4v) is 2.28. The molecule has 0 fully saturated rings. The van der Waals surface area contributed by atoms with Crippen molar-refractivity contribution in [3.63, 3.8) is 0 Å². The molecule has 2 aromatic rings. The van der Waals surface area contributed by atoms with Crippen LogP contribution in [0.4, 0.5) is 0 Å². The van der Waals surface area contributed by atoms with Crippen molar-refractivity contribution in [3.8, 4) is 0 Å². The summed E-state index contributed by atoms with van der Waals surface area (Å²) in [5, 5.41) is 0.580. The first-order valence-corrected chi connectivity index (χ1v) is 6.95. The Labute approximate surface area is 118 Å². The largest absolute Gasteiger partial charge is 0.462 e. The number of esters is 1. The minimum absolute atomic E-state index is 0.106. The third-order valence-electron chi connectivity index (χ3n) is 3.39. The van der Waals surface area contributed by atoms with Crippen molar-refractivity contribution in [2.24, 2.45) is 0 Å². The number of carbonyl (C=O) groups is 1. The summed E-state index contributed by atoms with van der Waals surface area (Å²) in [6, 6.07) is 5.82. The maximum Gasteiger partial charge on any atom is 0.343 e. The molecule has 0 bridgehead atoms. The SMILES string of the molecule is CCOC(=O)c1cn(CC)c2ccc(CC)cc2c1=O. The molecule has 0 N–H and O–H groups in total.